The van der Waals surface area contributed by atoms with Gasteiger partial charge in [0.1, 0.15) is 5.75 Å². The van der Waals surface area contributed by atoms with Gasteiger partial charge in [0.2, 0.25) is 11.8 Å². The zero-order valence-electron chi connectivity index (χ0n) is 18.8. The molecule has 0 aromatic heterocycles. The zero-order chi connectivity index (χ0) is 23.6. The van der Waals surface area contributed by atoms with E-state index in [1.54, 1.807) is 6.07 Å². The monoisotopic (exact) mass is 492 g/mol. The van der Waals surface area contributed by atoms with Crippen molar-refractivity contribution >= 4 is 40.7 Å². The van der Waals surface area contributed by atoms with Crippen molar-refractivity contribution in [3.05, 3.63) is 46.5 Å². The second-order valence-corrected chi connectivity index (χ2v) is 10.2. The molecule has 178 valence electrons. The van der Waals surface area contributed by atoms with Crippen LogP contribution in [0.2, 0.25) is 5.02 Å². The lowest BCUT2D eigenvalue weighted by Gasteiger charge is -2.39. The van der Waals surface area contributed by atoms with Crippen LogP contribution in [0.4, 0.5) is 5.69 Å². The van der Waals surface area contributed by atoms with Gasteiger partial charge in [-0.2, -0.15) is 0 Å². The van der Waals surface area contributed by atoms with Crippen molar-refractivity contribution in [2.75, 3.05) is 51.1 Å². The minimum atomic E-state index is -0.594. The molecule has 33 heavy (non-hydrogen) atoms. The van der Waals surface area contributed by atoms with Crippen LogP contribution in [0.5, 0.6) is 5.75 Å². The number of piperazine rings is 1. The number of allylic oxidation sites excluding steroid dienone is 2. The van der Waals surface area contributed by atoms with Crippen LogP contribution in [-0.2, 0) is 9.59 Å². The standard InChI is InChI=1S/C24H30Cl2N4O3/c1-24(23(33)27-18-5-6-21(31)20(26)14-18)7-8-28(16-24)15-22(32)30-11-9-29(10-12-30)19-4-2-3-17(25)13-19/h2-6,14,19,31H,7-13,15-16H2,1H3,(H,27,33). The second kappa shape index (κ2) is 10.1. The van der Waals surface area contributed by atoms with Crippen molar-refractivity contribution in [3.8, 4) is 5.75 Å². The fraction of sp³-hybridized carbons (Fsp3) is 0.500. The van der Waals surface area contributed by atoms with E-state index >= 15 is 0 Å². The maximum Gasteiger partial charge on any atom is 0.236 e. The summed E-state index contributed by atoms with van der Waals surface area (Å²) in [5, 5.41) is 13.5. The van der Waals surface area contributed by atoms with Crippen LogP contribution in [0.3, 0.4) is 0 Å². The number of phenolic OH excluding ortho intramolecular Hbond substituents is 1. The number of phenols is 1. The Morgan fingerprint density at radius 2 is 1.94 bits per heavy atom. The molecular weight excluding hydrogens is 463 g/mol. The van der Waals surface area contributed by atoms with Crippen molar-refractivity contribution in [1.29, 1.82) is 0 Å². The average Bonchev–Trinajstić information content (AvgIpc) is 3.18. The van der Waals surface area contributed by atoms with Gasteiger partial charge in [-0.05, 0) is 44.2 Å². The predicted molar refractivity (Wildman–Crippen MR) is 131 cm³/mol. The summed E-state index contributed by atoms with van der Waals surface area (Å²) in [5.41, 5.74) is -0.0512. The molecule has 1 aliphatic carbocycles. The Hall–Kier alpha value is -2.06. The molecule has 2 amide bonds. The number of nitrogens with zero attached hydrogens (tertiary/aromatic N) is 3. The smallest absolute Gasteiger partial charge is 0.236 e. The van der Waals surface area contributed by atoms with Crippen LogP contribution in [-0.4, -0.2) is 83.5 Å². The molecule has 2 fully saturated rings. The van der Waals surface area contributed by atoms with E-state index < -0.39 is 5.41 Å². The molecule has 0 spiro atoms. The molecule has 1 aromatic carbocycles. The van der Waals surface area contributed by atoms with Gasteiger partial charge < -0.3 is 15.3 Å². The van der Waals surface area contributed by atoms with Gasteiger partial charge in [-0.1, -0.05) is 35.4 Å². The molecule has 2 N–H and O–H groups in total. The summed E-state index contributed by atoms with van der Waals surface area (Å²) in [4.78, 5) is 32.2. The summed E-state index contributed by atoms with van der Waals surface area (Å²) < 4.78 is 0. The number of likely N-dealkylation sites (tertiary alicyclic amines) is 1. The fourth-order valence-corrected chi connectivity index (χ4v) is 5.12. The molecule has 1 aromatic rings. The van der Waals surface area contributed by atoms with E-state index in [1.807, 2.05) is 24.0 Å². The average molecular weight is 493 g/mol. The van der Waals surface area contributed by atoms with Gasteiger partial charge in [0.15, 0.2) is 0 Å². The van der Waals surface area contributed by atoms with Crippen LogP contribution < -0.4 is 5.32 Å². The Morgan fingerprint density at radius 3 is 2.64 bits per heavy atom. The summed E-state index contributed by atoms with van der Waals surface area (Å²) in [6, 6.07) is 4.91. The minimum Gasteiger partial charge on any atom is -0.506 e. The number of benzene rings is 1. The van der Waals surface area contributed by atoms with Gasteiger partial charge >= 0.3 is 0 Å². The van der Waals surface area contributed by atoms with E-state index in [0.717, 1.165) is 24.5 Å². The van der Waals surface area contributed by atoms with Gasteiger partial charge in [0, 0.05) is 55.9 Å². The van der Waals surface area contributed by atoms with Crippen molar-refractivity contribution in [3.63, 3.8) is 0 Å². The molecule has 2 atom stereocenters. The molecule has 0 saturated carbocycles. The highest BCUT2D eigenvalue weighted by molar-refractivity contribution is 6.32. The Morgan fingerprint density at radius 1 is 1.18 bits per heavy atom. The number of carbonyl (C=O) groups is 2. The van der Waals surface area contributed by atoms with Crippen LogP contribution in [0.1, 0.15) is 19.8 Å². The number of anilines is 1. The highest BCUT2D eigenvalue weighted by Gasteiger charge is 2.41. The fourth-order valence-electron chi connectivity index (χ4n) is 4.71. The van der Waals surface area contributed by atoms with Crippen molar-refractivity contribution in [2.45, 2.75) is 25.8 Å². The largest absolute Gasteiger partial charge is 0.506 e. The molecule has 2 saturated heterocycles. The molecule has 0 radical (unpaired) electrons. The SMILES string of the molecule is CC1(C(=O)Nc2ccc(O)c(Cl)c2)CCN(CC(=O)N2CCN(C3C=CC=C(Cl)C3)CC2)C1. The number of halogens is 2. The van der Waals surface area contributed by atoms with Gasteiger partial charge in [0.05, 0.1) is 17.0 Å². The summed E-state index contributed by atoms with van der Waals surface area (Å²) in [7, 11) is 0. The molecule has 2 aliphatic heterocycles. The Kier molecular flexibility index (Phi) is 7.34. The Labute approximate surface area is 204 Å². The van der Waals surface area contributed by atoms with Gasteiger partial charge in [-0.3, -0.25) is 19.4 Å². The van der Waals surface area contributed by atoms with Crippen LogP contribution in [0, 0.1) is 5.41 Å². The summed E-state index contributed by atoms with van der Waals surface area (Å²) >= 11 is 12.1. The molecule has 3 aliphatic rings. The van der Waals surface area contributed by atoms with E-state index in [9.17, 15) is 14.7 Å². The molecule has 7 nitrogen and oxygen atoms in total. The highest BCUT2D eigenvalue weighted by atomic mass is 35.5. The van der Waals surface area contributed by atoms with Crippen LogP contribution in [0.15, 0.2) is 41.5 Å². The minimum absolute atomic E-state index is 0.0249. The third kappa shape index (κ3) is 5.72. The lowest BCUT2D eigenvalue weighted by molar-refractivity contribution is -0.134. The Bertz CT molecular complexity index is 974. The lowest BCUT2D eigenvalue weighted by atomic mass is 9.88. The number of rotatable bonds is 5. The predicted octanol–water partition coefficient (Wildman–Crippen LogP) is 3.29. The molecule has 2 heterocycles. The molecular formula is C24H30Cl2N4O3. The van der Waals surface area contributed by atoms with E-state index in [2.05, 4.69) is 21.2 Å². The number of carbonyl (C=O) groups excluding carboxylic acids is 2. The van der Waals surface area contributed by atoms with E-state index in [0.29, 0.717) is 50.9 Å². The summed E-state index contributed by atoms with van der Waals surface area (Å²) in [5.74, 6) is -0.0223. The third-order valence-corrected chi connectivity index (χ3v) is 7.40. The first-order valence-electron chi connectivity index (χ1n) is 11.3. The molecule has 2 unspecified atom stereocenters. The Balaban J connectivity index is 1.25. The summed E-state index contributed by atoms with van der Waals surface area (Å²) in [6.07, 6.45) is 7.61. The van der Waals surface area contributed by atoms with Crippen LogP contribution in [0.25, 0.3) is 0 Å². The number of nitrogens with one attached hydrogen (secondary N) is 1. The first kappa shape index (κ1) is 24.1. The summed E-state index contributed by atoms with van der Waals surface area (Å²) in [6.45, 7) is 6.55. The molecule has 0 bridgehead atoms. The van der Waals surface area contributed by atoms with Crippen LogP contribution >= 0.6 is 23.2 Å². The van der Waals surface area contributed by atoms with E-state index in [-0.39, 0.29) is 22.6 Å². The number of aromatic hydroxyl groups is 1. The normalized spacial score (nSPS) is 26.3. The first-order valence-corrected chi connectivity index (χ1v) is 12.1. The lowest BCUT2D eigenvalue weighted by Crippen LogP contribution is -2.53. The van der Waals surface area contributed by atoms with Gasteiger partial charge in [-0.25, -0.2) is 0 Å². The third-order valence-electron chi connectivity index (χ3n) is 6.82. The topological polar surface area (TPSA) is 76.1 Å². The molecule has 9 heteroatoms. The van der Waals surface area contributed by atoms with E-state index in [1.165, 1.54) is 12.1 Å². The van der Waals surface area contributed by atoms with Crippen molar-refractivity contribution in [1.82, 2.24) is 14.7 Å². The first-order chi connectivity index (χ1) is 15.7. The second-order valence-electron chi connectivity index (χ2n) is 9.33. The zero-order valence-corrected chi connectivity index (χ0v) is 20.3. The van der Waals surface area contributed by atoms with Crippen molar-refractivity contribution < 1.29 is 14.7 Å². The molecule has 4 rings (SSSR count). The maximum absolute atomic E-state index is 12.9. The van der Waals surface area contributed by atoms with E-state index in [4.69, 9.17) is 23.2 Å². The highest BCUT2D eigenvalue weighted by Crippen LogP contribution is 2.33. The quantitative estimate of drug-likeness (QED) is 0.616. The number of hydrogen-bond acceptors (Lipinski definition) is 5. The maximum atomic E-state index is 12.9. The number of hydrogen-bond donors (Lipinski definition) is 2. The number of amides is 2. The van der Waals surface area contributed by atoms with Gasteiger partial charge in [0.25, 0.3) is 0 Å². The van der Waals surface area contributed by atoms with Crippen molar-refractivity contribution in [2.24, 2.45) is 5.41 Å². The van der Waals surface area contributed by atoms with Gasteiger partial charge in [-0.15, -0.1) is 0 Å².